The van der Waals surface area contributed by atoms with Crippen molar-refractivity contribution in [3.8, 4) is 0 Å². The number of hydrogen-bond acceptors (Lipinski definition) is 3. The fraction of sp³-hybridized carbons (Fsp3) is 0.929. The van der Waals surface area contributed by atoms with Crippen molar-refractivity contribution in [2.45, 2.75) is 76.6 Å². The molecule has 0 aliphatic heterocycles. The molecule has 1 aliphatic rings. The second kappa shape index (κ2) is 6.55. The Morgan fingerprint density at radius 2 is 1.95 bits per heavy atom. The Hall–Kier alpha value is -0.840. The highest BCUT2D eigenvalue weighted by Gasteiger charge is 2.35. The van der Waals surface area contributed by atoms with E-state index in [1.165, 1.54) is 0 Å². The topological polar surface area (TPSA) is 58.6 Å². The number of aliphatic hydroxyl groups is 1. The summed E-state index contributed by atoms with van der Waals surface area (Å²) in [5.41, 5.74) is -1.86. The fourth-order valence-corrected chi connectivity index (χ4v) is 2.47. The lowest BCUT2D eigenvalue weighted by molar-refractivity contribution is 0.0383. The third kappa shape index (κ3) is 6.23. The zero-order chi connectivity index (χ0) is 14.5. The first kappa shape index (κ1) is 16.2. The molecule has 1 atom stereocenters. The number of carbonyl (C=O) groups excluding carboxylic acids is 1. The Morgan fingerprint density at radius 1 is 1.37 bits per heavy atom. The first-order valence-corrected chi connectivity index (χ1v) is 7.03. The van der Waals surface area contributed by atoms with E-state index in [1.54, 1.807) is 20.8 Å². The van der Waals surface area contributed by atoms with Crippen molar-refractivity contribution >= 4 is 6.09 Å². The van der Waals surface area contributed by atoms with E-state index in [-0.39, 0.29) is 13.0 Å². The molecule has 0 saturated heterocycles. The lowest BCUT2D eigenvalue weighted by Crippen LogP contribution is -2.45. The number of aliphatic hydroxyl groups excluding tert-OH is 1. The van der Waals surface area contributed by atoms with Gasteiger partial charge in [0, 0.05) is 6.42 Å². The minimum Gasteiger partial charge on any atom is -0.444 e. The number of alkyl halides is 1. The summed E-state index contributed by atoms with van der Waals surface area (Å²) in [4.78, 5) is 11.6. The SMILES string of the molecule is CC(C)(C)OC(=O)NC(CO)CC1(F)CCCCC1. The Morgan fingerprint density at radius 3 is 2.42 bits per heavy atom. The number of amides is 1. The highest BCUT2D eigenvalue weighted by Crippen LogP contribution is 2.35. The van der Waals surface area contributed by atoms with E-state index in [2.05, 4.69) is 5.32 Å². The zero-order valence-electron chi connectivity index (χ0n) is 12.2. The lowest BCUT2D eigenvalue weighted by Gasteiger charge is -2.32. The van der Waals surface area contributed by atoms with Gasteiger partial charge in [-0.2, -0.15) is 0 Å². The molecule has 1 saturated carbocycles. The van der Waals surface area contributed by atoms with Gasteiger partial charge in [0.05, 0.1) is 12.6 Å². The molecule has 5 heteroatoms. The van der Waals surface area contributed by atoms with Crippen molar-refractivity contribution in [2.75, 3.05) is 6.61 Å². The molecule has 1 fully saturated rings. The van der Waals surface area contributed by atoms with Gasteiger partial charge in [-0.25, -0.2) is 9.18 Å². The van der Waals surface area contributed by atoms with Crippen molar-refractivity contribution in [1.29, 1.82) is 0 Å². The molecule has 0 aromatic heterocycles. The number of hydrogen-bond donors (Lipinski definition) is 2. The molecule has 0 aromatic rings. The molecule has 1 rings (SSSR count). The molecule has 1 amide bonds. The van der Waals surface area contributed by atoms with E-state index in [0.717, 1.165) is 19.3 Å². The van der Waals surface area contributed by atoms with Gasteiger partial charge in [-0.15, -0.1) is 0 Å². The highest BCUT2D eigenvalue weighted by molar-refractivity contribution is 5.68. The molecular formula is C14H26FNO3. The van der Waals surface area contributed by atoms with Crippen molar-refractivity contribution in [3.63, 3.8) is 0 Å². The van der Waals surface area contributed by atoms with Crippen LogP contribution in [0, 0.1) is 0 Å². The Balaban J connectivity index is 2.47. The number of rotatable bonds is 4. The number of carbonyl (C=O) groups is 1. The van der Waals surface area contributed by atoms with Crippen LogP contribution in [-0.4, -0.2) is 35.1 Å². The summed E-state index contributed by atoms with van der Waals surface area (Å²) in [5, 5.41) is 11.8. The molecule has 112 valence electrons. The average Bonchev–Trinajstić information content (AvgIpc) is 2.26. The molecule has 0 radical (unpaired) electrons. The minimum atomic E-state index is -1.26. The van der Waals surface area contributed by atoms with E-state index in [9.17, 15) is 14.3 Å². The van der Waals surface area contributed by atoms with Crippen LogP contribution in [0.3, 0.4) is 0 Å². The van der Waals surface area contributed by atoms with Gasteiger partial charge in [0.15, 0.2) is 0 Å². The predicted molar refractivity (Wildman–Crippen MR) is 71.8 cm³/mol. The van der Waals surface area contributed by atoms with Crippen LogP contribution in [0.1, 0.15) is 59.3 Å². The van der Waals surface area contributed by atoms with Crippen LogP contribution >= 0.6 is 0 Å². The molecule has 19 heavy (non-hydrogen) atoms. The van der Waals surface area contributed by atoms with Gasteiger partial charge in [0.2, 0.25) is 0 Å². The number of nitrogens with one attached hydrogen (secondary N) is 1. The Bertz CT molecular complexity index is 296. The standard InChI is InChI=1S/C14H26FNO3/c1-13(2,3)19-12(18)16-11(10-17)9-14(15)7-5-4-6-8-14/h11,17H,4-10H2,1-3H3,(H,16,18). The minimum absolute atomic E-state index is 0.155. The first-order valence-electron chi connectivity index (χ1n) is 7.03. The van der Waals surface area contributed by atoms with E-state index < -0.39 is 23.4 Å². The van der Waals surface area contributed by atoms with Crippen molar-refractivity contribution in [3.05, 3.63) is 0 Å². The third-order valence-corrected chi connectivity index (χ3v) is 3.30. The van der Waals surface area contributed by atoms with Gasteiger partial charge in [-0.05, 0) is 33.6 Å². The van der Waals surface area contributed by atoms with Crippen LogP contribution in [0.15, 0.2) is 0 Å². The first-order chi connectivity index (χ1) is 8.74. The molecule has 0 heterocycles. The second-order valence-corrected chi connectivity index (χ2v) is 6.44. The molecule has 1 unspecified atom stereocenters. The quantitative estimate of drug-likeness (QED) is 0.829. The molecule has 0 bridgehead atoms. The van der Waals surface area contributed by atoms with Crippen LogP contribution in [0.25, 0.3) is 0 Å². The number of ether oxygens (including phenoxy) is 1. The summed E-state index contributed by atoms with van der Waals surface area (Å²) in [7, 11) is 0. The van der Waals surface area contributed by atoms with Gasteiger partial charge in [0.25, 0.3) is 0 Å². The van der Waals surface area contributed by atoms with Crippen LogP contribution in [-0.2, 0) is 4.74 Å². The maximum Gasteiger partial charge on any atom is 0.407 e. The number of halogens is 1. The molecular weight excluding hydrogens is 249 g/mol. The van der Waals surface area contributed by atoms with Crippen LogP contribution in [0.2, 0.25) is 0 Å². The van der Waals surface area contributed by atoms with Crippen LogP contribution in [0.5, 0.6) is 0 Å². The molecule has 0 spiro atoms. The van der Waals surface area contributed by atoms with E-state index in [1.807, 2.05) is 0 Å². The van der Waals surface area contributed by atoms with Gasteiger partial charge < -0.3 is 15.2 Å². The monoisotopic (exact) mass is 275 g/mol. The van der Waals surface area contributed by atoms with E-state index in [0.29, 0.717) is 12.8 Å². The summed E-state index contributed by atoms with van der Waals surface area (Å²) in [6.07, 6.45) is 3.39. The second-order valence-electron chi connectivity index (χ2n) is 6.44. The fourth-order valence-electron chi connectivity index (χ4n) is 2.47. The van der Waals surface area contributed by atoms with Crippen molar-refractivity contribution < 1.29 is 19.0 Å². The molecule has 4 nitrogen and oxygen atoms in total. The third-order valence-electron chi connectivity index (χ3n) is 3.30. The van der Waals surface area contributed by atoms with Gasteiger partial charge in [-0.3, -0.25) is 0 Å². The highest BCUT2D eigenvalue weighted by atomic mass is 19.1. The van der Waals surface area contributed by atoms with Gasteiger partial charge in [-0.1, -0.05) is 19.3 Å². The van der Waals surface area contributed by atoms with Crippen molar-refractivity contribution in [2.24, 2.45) is 0 Å². The Labute approximate surface area is 114 Å². The molecule has 1 aliphatic carbocycles. The number of alkyl carbamates (subject to hydrolysis) is 1. The lowest BCUT2D eigenvalue weighted by atomic mass is 9.82. The summed E-state index contributed by atoms with van der Waals surface area (Å²) in [6.45, 7) is 5.01. The van der Waals surface area contributed by atoms with Gasteiger partial charge in [0.1, 0.15) is 11.3 Å². The molecule has 2 N–H and O–H groups in total. The predicted octanol–water partition coefficient (Wildman–Crippen LogP) is 2.93. The summed E-state index contributed by atoms with van der Waals surface area (Å²) in [6, 6.07) is -0.585. The van der Waals surface area contributed by atoms with E-state index in [4.69, 9.17) is 4.74 Å². The maximum atomic E-state index is 14.5. The largest absolute Gasteiger partial charge is 0.444 e. The van der Waals surface area contributed by atoms with Crippen LogP contribution < -0.4 is 5.32 Å². The van der Waals surface area contributed by atoms with Crippen LogP contribution in [0.4, 0.5) is 9.18 Å². The maximum absolute atomic E-state index is 14.5. The molecule has 0 aromatic carbocycles. The Kier molecular flexibility index (Phi) is 5.59. The zero-order valence-corrected chi connectivity index (χ0v) is 12.2. The van der Waals surface area contributed by atoms with Gasteiger partial charge >= 0.3 is 6.09 Å². The van der Waals surface area contributed by atoms with Crippen molar-refractivity contribution in [1.82, 2.24) is 5.32 Å². The summed E-state index contributed by atoms with van der Waals surface area (Å²) in [5.74, 6) is 0. The average molecular weight is 275 g/mol. The summed E-state index contributed by atoms with van der Waals surface area (Å²) >= 11 is 0. The summed E-state index contributed by atoms with van der Waals surface area (Å²) < 4.78 is 19.6. The smallest absolute Gasteiger partial charge is 0.407 e. The van der Waals surface area contributed by atoms with E-state index >= 15 is 0 Å². The normalized spacial score (nSPS) is 20.7.